The lowest BCUT2D eigenvalue weighted by Crippen LogP contribution is -2.45. The van der Waals surface area contributed by atoms with E-state index in [0.29, 0.717) is 19.4 Å². The van der Waals surface area contributed by atoms with E-state index in [1.54, 1.807) is 6.08 Å². The van der Waals surface area contributed by atoms with Gasteiger partial charge in [0.05, 0.1) is 25.4 Å². The summed E-state index contributed by atoms with van der Waals surface area (Å²) >= 11 is 0. The topological polar surface area (TPSA) is 95.9 Å². The standard InChI is InChI=1S/C49H91NO5/c1-3-5-7-9-11-13-15-16-17-18-19-20-23-27-31-35-39-43-49(54)55-44-40-36-32-28-24-21-22-26-30-34-38-42-48(53)50-46(45-51)47(52)41-37-33-29-25-14-12-10-8-6-4-2/h11,13,16-17,37,41,46-47,51-52H,3-10,12,14-15,18-36,38-40,42-45H2,1-2H3,(H,50,53)/b13-11-,17-16-,41-37+. The Labute approximate surface area is 341 Å². The van der Waals surface area contributed by atoms with Crippen LogP contribution in [0.5, 0.6) is 0 Å². The van der Waals surface area contributed by atoms with Crippen LogP contribution in [0.3, 0.4) is 0 Å². The highest BCUT2D eigenvalue weighted by atomic mass is 16.5. The van der Waals surface area contributed by atoms with Crippen LogP contribution in [0.15, 0.2) is 36.5 Å². The molecule has 55 heavy (non-hydrogen) atoms. The summed E-state index contributed by atoms with van der Waals surface area (Å²) in [6.45, 7) is 4.80. The second kappa shape index (κ2) is 44.8. The molecule has 0 heterocycles. The smallest absolute Gasteiger partial charge is 0.305 e. The number of ether oxygens (including phenoxy) is 1. The second-order valence-electron chi connectivity index (χ2n) is 16.1. The van der Waals surface area contributed by atoms with Gasteiger partial charge in [0.1, 0.15) is 0 Å². The molecule has 6 nitrogen and oxygen atoms in total. The van der Waals surface area contributed by atoms with Gasteiger partial charge in [0, 0.05) is 12.8 Å². The molecule has 0 aromatic rings. The van der Waals surface area contributed by atoms with E-state index < -0.39 is 12.1 Å². The third-order valence-corrected chi connectivity index (χ3v) is 10.7. The van der Waals surface area contributed by atoms with Crippen molar-refractivity contribution in [1.29, 1.82) is 0 Å². The van der Waals surface area contributed by atoms with Crippen molar-refractivity contribution in [2.75, 3.05) is 13.2 Å². The summed E-state index contributed by atoms with van der Waals surface area (Å²) in [6, 6.07) is -0.641. The second-order valence-corrected chi connectivity index (χ2v) is 16.1. The molecule has 0 saturated heterocycles. The van der Waals surface area contributed by atoms with Crippen LogP contribution in [-0.4, -0.2) is 47.4 Å². The number of carbonyl (C=O) groups is 2. The molecule has 0 aliphatic carbocycles. The average molecular weight is 774 g/mol. The minimum Gasteiger partial charge on any atom is -0.466 e. The highest BCUT2D eigenvalue weighted by Crippen LogP contribution is 2.14. The first-order valence-electron chi connectivity index (χ1n) is 23.8. The predicted octanol–water partition coefficient (Wildman–Crippen LogP) is 13.7. The molecule has 0 aliphatic rings. The molecule has 322 valence electrons. The zero-order valence-corrected chi connectivity index (χ0v) is 36.4. The number of esters is 1. The highest BCUT2D eigenvalue weighted by Gasteiger charge is 2.18. The molecule has 0 rings (SSSR count). The number of carbonyl (C=O) groups excluding carboxylic acids is 2. The minimum atomic E-state index is -0.855. The van der Waals surface area contributed by atoms with Gasteiger partial charge in [-0.1, -0.05) is 198 Å². The van der Waals surface area contributed by atoms with Crippen LogP contribution in [0.4, 0.5) is 0 Å². The normalized spacial score (nSPS) is 13.0. The van der Waals surface area contributed by atoms with Crippen molar-refractivity contribution in [3.8, 4) is 0 Å². The van der Waals surface area contributed by atoms with Crippen LogP contribution in [0, 0.1) is 0 Å². The lowest BCUT2D eigenvalue weighted by atomic mass is 10.0. The maximum Gasteiger partial charge on any atom is 0.305 e. The molecular formula is C49H91NO5. The van der Waals surface area contributed by atoms with Gasteiger partial charge in [0.15, 0.2) is 0 Å². The number of hydrogen-bond donors (Lipinski definition) is 3. The molecule has 0 aromatic carbocycles. The summed E-state index contributed by atoms with van der Waals surface area (Å²) in [5, 5.41) is 22.9. The molecule has 0 radical (unpaired) electrons. The Hall–Kier alpha value is -1.92. The zero-order valence-electron chi connectivity index (χ0n) is 36.4. The lowest BCUT2D eigenvalue weighted by molar-refractivity contribution is -0.143. The third-order valence-electron chi connectivity index (χ3n) is 10.7. The number of hydrogen-bond acceptors (Lipinski definition) is 5. The van der Waals surface area contributed by atoms with Crippen LogP contribution >= 0.6 is 0 Å². The van der Waals surface area contributed by atoms with Gasteiger partial charge < -0.3 is 20.3 Å². The van der Waals surface area contributed by atoms with Gasteiger partial charge >= 0.3 is 5.97 Å². The van der Waals surface area contributed by atoms with Gasteiger partial charge in [-0.25, -0.2) is 0 Å². The van der Waals surface area contributed by atoms with E-state index in [2.05, 4.69) is 43.5 Å². The van der Waals surface area contributed by atoms with E-state index >= 15 is 0 Å². The Balaban J connectivity index is 3.49. The molecule has 0 aromatic heterocycles. The lowest BCUT2D eigenvalue weighted by Gasteiger charge is -2.20. The molecule has 2 unspecified atom stereocenters. The summed E-state index contributed by atoms with van der Waals surface area (Å²) in [4.78, 5) is 24.4. The van der Waals surface area contributed by atoms with Crippen molar-refractivity contribution >= 4 is 11.9 Å². The van der Waals surface area contributed by atoms with Gasteiger partial charge in [-0.05, 0) is 64.2 Å². The summed E-state index contributed by atoms with van der Waals surface area (Å²) < 4.78 is 5.45. The molecule has 0 aliphatic heterocycles. The first kappa shape index (κ1) is 53.1. The Morgan fingerprint density at radius 2 is 0.909 bits per heavy atom. The first-order chi connectivity index (χ1) is 27.0. The van der Waals surface area contributed by atoms with Crippen LogP contribution in [0.25, 0.3) is 0 Å². The number of unbranched alkanes of at least 4 members (excludes halogenated alkanes) is 28. The van der Waals surface area contributed by atoms with E-state index in [0.717, 1.165) is 64.2 Å². The Morgan fingerprint density at radius 1 is 0.509 bits per heavy atom. The predicted molar refractivity (Wildman–Crippen MR) is 236 cm³/mol. The number of allylic oxidation sites excluding steroid dienone is 5. The maximum atomic E-state index is 12.4. The van der Waals surface area contributed by atoms with Gasteiger partial charge in [0.2, 0.25) is 5.91 Å². The largest absolute Gasteiger partial charge is 0.466 e. The van der Waals surface area contributed by atoms with Crippen LogP contribution in [0.1, 0.15) is 239 Å². The summed E-state index contributed by atoms with van der Waals surface area (Å²) in [7, 11) is 0. The molecule has 0 saturated carbocycles. The van der Waals surface area contributed by atoms with Crippen molar-refractivity contribution in [3.05, 3.63) is 36.5 Å². The van der Waals surface area contributed by atoms with Crippen molar-refractivity contribution in [3.63, 3.8) is 0 Å². The SMILES string of the molecule is CCCCC/C=C\C/C=C\CCCCCCCCCC(=O)OCCCCCCCCCCCCCC(=O)NC(CO)C(O)/C=C/CCCCCCCCCC. The number of rotatable bonds is 43. The van der Waals surface area contributed by atoms with Gasteiger partial charge in [-0.3, -0.25) is 9.59 Å². The molecule has 2 atom stereocenters. The first-order valence-corrected chi connectivity index (χ1v) is 23.8. The fraction of sp³-hybridized carbons (Fsp3) is 0.837. The van der Waals surface area contributed by atoms with Crippen LogP contribution in [0.2, 0.25) is 0 Å². The van der Waals surface area contributed by atoms with Crippen LogP contribution < -0.4 is 5.32 Å². The number of nitrogens with one attached hydrogen (secondary N) is 1. The molecule has 6 heteroatoms. The quantitative estimate of drug-likeness (QED) is 0.0326. The van der Waals surface area contributed by atoms with E-state index in [9.17, 15) is 19.8 Å². The number of aliphatic hydroxyl groups excluding tert-OH is 2. The van der Waals surface area contributed by atoms with Crippen molar-refractivity contribution in [2.45, 2.75) is 251 Å². The van der Waals surface area contributed by atoms with Gasteiger partial charge in [-0.15, -0.1) is 0 Å². The molecule has 0 bridgehead atoms. The van der Waals surface area contributed by atoms with E-state index in [4.69, 9.17) is 4.74 Å². The van der Waals surface area contributed by atoms with Crippen molar-refractivity contribution in [1.82, 2.24) is 5.32 Å². The fourth-order valence-electron chi connectivity index (χ4n) is 6.95. The van der Waals surface area contributed by atoms with E-state index in [1.165, 1.54) is 148 Å². The Morgan fingerprint density at radius 3 is 1.42 bits per heavy atom. The monoisotopic (exact) mass is 774 g/mol. The zero-order chi connectivity index (χ0) is 40.1. The molecule has 1 amide bonds. The minimum absolute atomic E-state index is 0.0244. The summed E-state index contributed by atoms with van der Waals surface area (Å²) in [6.07, 6.45) is 52.7. The molecule has 0 spiro atoms. The third kappa shape index (κ3) is 41.5. The average Bonchev–Trinajstić information content (AvgIpc) is 3.18. The molecule has 3 N–H and O–H groups in total. The molecular weight excluding hydrogens is 683 g/mol. The summed E-state index contributed by atoms with van der Waals surface area (Å²) in [5.41, 5.74) is 0. The number of amides is 1. The van der Waals surface area contributed by atoms with Crippen LogP contribution in [-0.2, 0) is 14.3 Å². The van der Waals surface area contributed by atoms with E-state index in [1.807, 2.05) is 6.08 Å². The van der Waals surface area contributed by atoms with Gasteiger partial charge in [0.25, 0.3) is 0 Å². The summed E-state index contributed by atoms with van der Waals surface area (Å²) in [5.74, 6) is -0.115. The van der Waals surface area contributed by atoms with E-state index in [-0.39, 0.29) is 18.5 Å². The highest BCUT2D eigenvalue weighted by molar-refractivity contribution is 5.76. The fourth-order valence-corrected chi connectivity index (χ4v) is 6.95. The Kier molecular flexibility index (Phi) is 43.2. The van der Waals surface area contributed by atoms with Gasteiger partial charge in [-0.2, -0.15) is 0 Å². The molecule has 0 fully saturated rings. The Bertz CT molecular complexity index is 900. The van der Waals surface area contributed by atoms with Crippen molar-refractivity contribution in [2.24, 2.45) is 0 Å². The maximum absolute atomic E-state index is 12.4. The van der Waals surface area contributed by atoms with Crippen molar-refractivity contribution < 1.29 is 24.5 Å². The number of aliphatic hydroxyl groups is 2.